The first-order chi connectivity index (χ1) is 6.93. The van der Waals surface area contributed by atoms with E-state index in [1.54, 1.807) is 0 Å². The molecule has 0 rings (SSSR count). The molecule has 0 bridgehead atoms. The zero-order valence-corrected chi connectivity index (χ0v) is 25.3. The fourth-order valence-corrected chi connectivity index (χ4v) is 0. The summed E-state index contributed by atoms with van der Waals surface area (Å²) in [6, 6.07) is 0. The van der Waals surface area contributed by atoms with Gasteiger partial charge in [0, 0.05) is 36.7 Å². The minimum Gasteiger partial charge on any atom is -0.672 e. The van der Waals surface area contributed by atoms with E-state index in [9.17, 15) is 0 Å². The Balaban J connectivity index is -0.0000000121. The SMILES string of the molecule is O.O=[Si]([O-])[O-].O=[Si]([O-])[O-].O=[Si]([O-])[O-].O=[Si]([O-])[O-].[Al+3].[Ba+2].[Ca+2].[K+]. The van der Waals surface area contributed by atoms with Gasteiger partial charge < -0.3 is 61.7 Å². The van der Waals surface area contributed by atoms with Crippen molar-refractivity contribution >= 4 is 141 Å². The predicted molar refractivity (Wildman–Crippen MR) is 46.6 cm³/mol. The molecule has 0 amide bonds. The van der Waals surface area contributed by atoms with Crippen molar-refractivity contribution in [3.63, 3.8) is 0 Å². The standard InChI is InChI=1S/Al.Ba.Ca.K.4O3Si.H2O/c;;;;4*1-4(2)3;/h;;;;;;;;1H2/q+3;2*+2;+1;4*-2;. The summed E-state index contributed by atoms with van der Waals surface area (Å²) >= 11 is 0. The van der Waals surface area contributed by atoms with Crippen LogP contribution < -0.4 is 89.7 Å². The van der Waals surface area contributed by atoms with Crippen molar-refractivity contribution in [3.05, 3.63) is 0 Å². The Labute approximate surface area is 248 Å². The molecule has 21 heteroatoms. The van der Waals surface area contributed by atoms with Crippen LogP contribution in [0.1, 0.15) is 0 Å². The molecule has 0 radical (unpaired) electrons. The Kier molecular flexibility index (Phi) is 133. The largest absolute Gasteiger partial charge is 3.00 e. The molecule has 0 unspecified atom stereocenters. The van der Waals surface area contributed by atoms with Crippen LogP contribution in [0.4, 0.5) is 0 Å². The molecule has 0 heterocycles. The summed E-state index contributed by atoms with van der Waals surface area (Å²) in [4.78, 5) is 68.1. The Hall–Kier alpha value is 3.43. The molecule has 0 fully saturated rings. The molecule has 0 aromatic carbocycles. The van der Waals surface area contributed by atoms with Crippen LogP contribution in [0, 0.1) is 0 Å². The third-order valence-electron chi connectivity index (χ3n) is 0. The van der Waals surface area contributed by atoms with Crippen molar-refractivity contribution in [2.24, 2.45) is 0 Å². The van der Waals surface area contributed by atoms with Crippen LogP contribution in [-0.4, -0.2) is 146 Å². The fourth-order valence-electron chi connectivity index (χ4n) is 0. The van der Waals surface area contributed by atoms with E-state index in [1.165, 1.54) is 0 Å². The van der Waals surface area contributed by atoms with Crippen molar-refractivity contribution in [2.45, 2.75) is 0 Å². The Morgan fingerprint density at radius 1 is 0.524 bits per heavy atom. The van der Waals surface area contributed by atoms with Crippen LogP contribution in [0.25, 0.3) is 0 Å². The Morgan fingerprint density at radius 2 is 0.524 bits per heavy atom. The minimum atomic E-state index is -3.63. The topological polar surface area (TPSA) is 284 Å². The maximum absolute atomic E-state index is 8.52. The van der Waals surface area contributed by atoms with Crippen molar-refractivity contribution in [3.8, 4) is 0 Å². The molecular formula is H2AlBaCaKO13Si4. The van der Waals surface area contributed by atoms with Gasteiger partial charge in [0.15, 0.2) is 0 Å². The van der Waals surface area contributed by atoms with Gasteiger partial charge in [0.25, 0.3) is 0 Å². The number of hydrogen-bond donors (Lipinski definition) is 0. The van der Waals surface area contributed by atoms with Gasteiger partial charge in [-0.25, -0.2) is 0 Å². The second-order valence-electron chi connectivity index (χ2n) is 1.00. The summed E-state index contributed by atoms with van der Waals surface area (Å²) in [5, 5.41) is 0. The van der Waals surface area contributed by atoms with Crippen LogP contribution in [0.5, 0.6) is 0 Å². The van der Waals surface area contributed by atoms with E-state index in [-0.39, 0.29) is 161 Å². The molecule has 0 aromatic heterocycles. The van der Waals surface area contributed by atoms with Crippen LogP contribution in [0.15, 0.2) is 0 Å². The average Bonchev–Trinajstić information content (AvgIpc) is 1.76. The van der Waals surface area contributed by atoms with Gasteiger partial charge in [0.05, 0.1) is 0 Å². The third-order valence-corrected chi connectivity index (χ3v) is 0. The van der Waals surface area contributed by atoms with E-state index in [4.69, 9.17) is 56.2 Å². The van der Waals surface area contributed by atoms with E-state index in [0.29, 0.717) is 0 Å². The first kappa shape index (κ1) is 56.3. The van der Waals surface area contributed by atoms with Gasteiger partial charge in [-0.05, 0) is 0 Å². The molecule has 2 N–H and O–H groups in total. The smallest absolute Gasteiger partial charge is 0.672 e. The van der Waals surface area contributed by atoms with Gasteiger partial charge in [-0.1, -0.05) is 0 Å². The molecule has 13 nitrogen and oxygen atoms in total. The van der Waals surface area contributed by atoms with E-state index >= 15 is 0 Å². The maximum Gasteiger partial charge on any atom is 3.00 e. The third kappa shape index (κ3) is 916. The van der Waals surface area contributed by atoms with Gasteiger partial charge in [0.1, 0.15) is 0 Å². The summed E-state index contributed by atoms with van der Waals surface area (Å²) < 4.78 is 34.1. The van der Waals surface area contributed by atoms with Gasteiger partial charge in [-0.3, -0.25) is 0 Å². The monoisotopic (exact) mass is 566 g/mol. The van der Waals surface area contributed by atoms with Gasteiger partial charge in [-0.2, -0.15) is 0 Å². The summed E-state index contributed by atoms with van der Waals surface area (Å²) in [5.74, 6) is 0. The zero-order valence-electron chi connectivity index (χ0n) is 10.4. The second kappa shape index (κ2) is 49.5. The minimum absolute atomic E-state index is 0. The van der Waals surface area contributed by atoms with Crippen molar-refractivity contribution in [1.82, 2.24) is 0 Å². The molecule has 104 valence electrons. The molecule has 0 saturated heterocycles. The molecule has 21 heavy (non-hydrogen) atoms. The predicted octanol–water partition coefficient (Wildman–Crippen LogP) is -16.5. The van der Waals surface area contributed by atoms with E-state index in [1.807, 2.05) is 0 Å². The summed E-state index contributed by atoms with van der Waals surface area (Å²) in [7, 11) is -14.5. The molecular weight excluding hydrogens is 564 g/mol. The quantitative estimate of drug-likeness (QED) is 0.247. The van der Waals surface area contributed by atoms with E-state index in [2.05, 4.69) is 0 Å². The normalized spacial score (nSPS) is 4.57. The van der Waals surface area contributed by atoms with Crippen LogP contribution in [-0.2, 0) is 17.8 Å². The molecule has 0 aliphatic carbocycles. The van der Waals surface area contributed by atoms with Crippen molar-refractivity contribution in [2.75, 3.05) is 0 Å². The Bertz CT molecular complexity index is 176. The van der Waals surface area contributed by atoms with Gasteiger partial charge in [0.2, 0.25) is 0 Å². The molecule has 0 aliphatic rings. The van der Waals surface area contributed by atoms with Crippen molar-refractivity contribution in [1.29, 1.82) is 0 Å². The first-order valence-corrected chi connectivity index (χ1v) is 7.35. The molecule has 0 saturated carbocycles. The van der Waals surface area contributed by atoms with Gasteiger partial charge in [-0.15, -0.1) is 0 Å². The van der Waals surface area contributed by atoms with Crippen LogP contribution >= 0.6 is 0 Å². The summed E-state index contributed by atoms with van der Waals surface area (Å²) in [6.45, 7) is 0. The molecule has 0 atom stereocenters. The fraction of sp³-hybridized carbons (Fsp3) is 0. The zero-order chi connectivity index (χ0) is 14.3. The Morgan fingerprint density at radius 3 is 0.524 bits per heavy atom. The molecule has 0 aromatic rings. The number of hydrogen-bond acceptors (Lipinski definition) is 12. The number of rotatable bonds is 0. The first-order valence-electron chi connectivity index (χ1n) is 2.45. The van der Waals surface area contributed by atoms with Gasteiger partial charge >= 0.3 is 155 Å². The summed E-state index contributed by atoms with van der Waals surface area (Å²) in [5.41, 5.74) is 0. The second-order valence-corrected chi connectivity index (χ2v) is 3.00. The van der Waals surface area contributed by atoms with E-state index in [0.717, 1.165) is 0 Å². The average molecular weight is 566 g/mol. The molecule has 0 aliphatic heterocycles. The van der Waals surface area contributed by atoms with Crippen LogP contribution in [0.3, 0.4) is 0 Å². The van der Waals surface area contributed by atoms with Crippen LogP contribution in [0.2, 0.25) is 0 Å². The molecule has 0 spiro atoms. The van der Waals surface area contributed by atoms with E-state index < -0.39 is 36.7 Å². The maximum atomic E-state index is 8.52. The summed E-state index contributed by atoms with van der Waals surface area (Å²) in [6.07, 6.45) is 0. The van der Waals surface area contributed by atoms with Crippen molar-refractivity contribution < 1.29 is 113 Å².